The molecule has 1 N–H and O–H groups in total. The summed E-state index contributed by atoms with van der Waals surface area (Å²) in [5, 5.41) is 8.93. The van der Waals surface area contributed by atoms with Gasteiger partial charge in [0.05, 0.1) is 12.2 Å². The minimum absolute atomic E-state index is 0.107. The number of carbonyl (C=O) groups is 1. The SMILES string of the molecule is O=C(O)COc1ccccc1CN1CCCCC1c1ncc(Cc2ccccc2)o1. The Bertz CT molecular complexity index is 970. The number of hydrogen-bond acceptors (Lipinski definition) is 5. The highest BCUT2D eigenvalue weighted by atomic mass is 16.5. The first-order chi connectivity index (χ1) is 14.7. The third-order valence-corrected chi connectivity index (χ3v) is 5.39. The Labute approximate surface area is 176 Å². The van der Waals surface area contributed by atoms with Gasteiger partial charge in [0.25, 0.3) is 0 Å². The maximum absolute atomic E-state index is 10.9. The number of nitrogens with zero attached hydrogens (tertiary/aromatic N) is 2. The zero-order valence-electron chi connectivity index (χ0n) is 16.9. The molecule has 1 unspecified atom stereocenters. The molecule has 6 heteroatoms. The van der Waals surface area contributed by atoms with Crippen LogP contribution in [0.2, 0.25) is 0 Å². The molecule has 0 spiro atoms. The molecule has 1 saturated heterocycles. The molecule has 1 atom stereocenters. The molecule has 1 fully saturated rings. The first-order valence-corrected chi connectivity index (χ1v) is 10.3. The number of aromatic nitrogens is 1. The summed E-state index contributed by atoms with van der Waals surface area (Å²) >= 11 is 0. The molecule has 4 rings (SSSR count). The van der Waals surface area contributed by atoms with Crippen LogP contribution in [0.5, 0.6) is 5.75 Å². The van der Waals surface area contributed by atoms with Crippen LogP contribution >= 0.6 is 0 Å². The van der Waals surface area contributed by atoms with Gasteiger partial charge in [0.15, 0.2) is 6.61 Å². The van der Waals surface area contributed by atoms with Crippen LogP contribution in [0.4, 0.5) is 0 Å². The summed E-state index contributed by atoms with van der Waals surface area (Å²) in [6, 6.07) is 18.0. The summed E-state index contributed by atoms with van der Waals surface area (Å²) < 4.78 is 11.6. The number of carboxylic acid groups (broad SMARTS) is 1. The molecule has 30 heavy (non-hydrogen) atoms. The van der Waals surface area contributed by atoms with E-state index in [1.54, 1.807) is 0 Å². The van der Waals surface area contributed by atoms with Crippen molar-refractivity contribution in [2.75, 3.05) is 13.2 Å². The Morgan fingerprint density at radius 1 is 1.13 bits per heavy atom. The second kappa shape index (κ2) is 9.59. The van der Waals surface area contributed by atoms with Crippen molar-refractivity contribution in [2.45, 2.75) is 38.3 Å². The molecule has 0 radical (unpaired) electrons. The van der Waals surface area contributed by atoms with Crippen LogP contribution in [0.1, 0.15) is 48.1 Å². The molecule has 2 aromatic carbocycles. The fourth-order valence-electron chi connectivity index (χ4n) is 3.95. The lowest BCUT2D eigenvalue weighted by Gasteiger charge is -2.34. The summed E-state index contributed by atoms with van der Waals surface area (Å²) in [6.45, 7) is 1.26. The molecule has 6 nitrogen and oxygen atoms in total. The molecule has 3 aromatic rings. The van der Waals surface area contributed by atoms with Gasteiger partial charge in [-0.2, -0.15) is 0 Å². The fourth-order valence-corrected chi connectivity index (χ4v) is 3.95. The van der Waals surface area contributed by atoms with E-state index in [2.05, 4.69) is 22.0 Å². The monoisotopic (exact) mass is 406 g/mol. The number of likely N-dealkylation sites (tertiary alicyclic amines) is 1. The predicted molar refractivity (Wildman–Crippen MR) is 112 cm³/mol. The average Bonchev–Trinajstić information content (AvgIpc) is 3.22. The third-order valence-electron chi connectivity index (χ3n) is 5.39. The molecule has 1 aliphatic heterocycles. The Hall–Kier alpha value is -3.12. The molecule has 0 aliphatic carbocycles. The van der Waals surface area contributed by atoms with Crippen LogP contribution in [-0.2, 0) is 17.8 Å². The molecule has 0 saturated carbocycles. The van der Waals surface area contributed by atoms with Gasteiger partial charge in [-0.1, -0.05) is 55.0 Å². The highest BCUT2D eigenvalue weighted by Crippen LogP contribution is 2.33. The Morgan fingerprint density at radius 3 is 2.77 bits per heavy atom. The average molecular weight is 406 g/mol. The summed E-state index contributed by atoms with van der Waals surface area (Å²) in [5.74, 6) is 1.25. The van der Waals surface area contributed by atoms with Gasteiger partial charge in [-0.05, 0) is 31.0 Å². The number of piperidine rings is 1. The van der Waals surface area contributed by atoms with Crippen LogP contribution in [0.15, 0.2) is 65.2 Å². The van der Waals surface area contributed by atoms with Gasteiger partial charge >= 0.3 is 5.97 Å². The van der Waals surface area contributed by atoms with E-state index in [9.17, 15) is 4.79 Å². The molecule has 0 bridgehead atoms. The summed E-state index contributed by atoms with van der Waals surface area (Å²) in [6.07, 6.45) is 5.80. The lowest BCUT2D eigenvalue weighted by atomic mass is 10.0. The van der Waals surface area contributed by atoms with Gasteiger partial charge in [-0.3, -0.25) is 4.90 Å². The number of oxazole rings is 1. The molecular formula is C24H26N2O4. The summed E-state index contributed by atoms with van der Waals surface area (Å²) in [7, 11) is 0. The Balaban J connectivity index is 1.48. The lowest BCUT2D eigenvalue weighted by Crippen LogP contribution is -2.33. The quantitative estimate of drug-likeness (QED) is 0.595. The molecule has 156 valence electrons. The zero-order chi connectivity index (χ0) is 20.8. The maximum Gasteiger partial charge on any atom is 0.341 e. The molecule has 1 aromatic heterocycles. The van der Waals surface area contributed by atoms with Gasteiger partial charge in [-0.15, -0.1) is 0 Å². The van der Waals surface area contributed by atoms with Gasteiger partial charge in [-0.25, -0.2) is 9.78 Å². The Morgan fingerprint density at radius 2 is 1.93 bits per heavy atom. The largest absolute Gasteiger partial charge is 0.482 e. The molecule has 2 heterocycles. The third kappa shape index (κ3) is 5.07. The number of para-hydroxylation sites is 1. The zero-order valence-corrected chi connectivity index (χ0v) is 16.9. The van der Waals surface area contributed by atoms with Crippen molar-refractivity contribution in [1.29, 1.82) is 0 Å². The first-order valence-electron chi connectivity index (χ1n) is 10.3. The van der Waals surface area contributed by atoms with Crippen molar-refractivity contribution >= 4 is 5.97 Å². The Kier molecular flexibility index (Phi) is 6.44. The summed E-state index contributed by atoms with van der Waals surface area (Å²) in [5.41, 5.74) is 2.17. The van der Waals surface area contributed by atoms with Crippen molar-refractivity contribution in [3.05, 3.63) is 83.6 Å². The van der Waals surface area contributed by atoms with Crippen LogP contribution in [-0.4, -0.2) is 34.1 Å². The maximum atomic E-state index is 10.9. The molecular weight excluding hydrogens is 380 g/mol. The van der Waals surface area contributed by atoms with Crippen LogP contribution < -0.4 is 4.74 Å². The minimum Gasteiger partial charge on any atom is -0.482 e. The summed E-state index contributed by atoms with van der Waals surface area (Å²) in [4.78, 5) is 17.8. The molecule has 0 amide bonds. The van der Waals surface area contributed by atoms with E-state index < -0.39 is 5.97 Å². The number of aliphatic carboxylic acids is 1. The number of rotatable bonds is 8. The normalized spacial score (nSPS) is 17.0. The van der Waals surface area contributed by atoms with E-state index in [1.165, 1.54) is 5.56 Å². The van der Waals surface area contributed by atoms with E-state index in [4.69, 9.17) is 14.3 Å². The highest BCUT2D eigenvalue weighted by molar-refractivity contribution is 5.68. The van der Waals surface area contributed by atoms with Crippen LogP contribution in [0.25, 0.3) is 0 Å². The van der Waals surface area contributed by atoms with Gasteiger partial charge in [0.1, 0.15) is 11.5 Å². The molecule has 1 aliphatic rings. The predicted octanol–water partition coefficient (Wildman–Crippen LogP) is 4.46. The van der Waals surface area contributed by atoms with Crippen molar-refractivity contribution in [1.82, 2.24) is 9.88 Å². The van der Waals surface area contributed by atoms with E-state index >= 15 is 0 Å². The smallest absolute Gasteiger partial charge is 0.341 e. The second-order valence-corrected chi connectivity index (χ2v) is 7.60. The van der Waals surface area contributed by atoms with Crippen LogP contribution in [0.3, 0.4) is 0 Å². The minimum atomic E-state index is -0.980. The number of benzene rings is 2. The fraction of sp³-hybridized carbons (Fsp3) is 0.333. The topological polar surface area (TPSA) is 75.8 Å². The van der Waals surface area contributed by atoms with Crippen LogP contribution in [0, 0.1) is 0 Å². The van der Waals surface area contributed by atoms with Gasteiger partial charge in [0.2, 0.25) is 5.89 Å². The first kappa shape index (κ1) is 20.2. The van der Waals surface area contributed by atoms with Gasteiger partial charge in [0, 0.05) is 18.5 Å². The van der Waals surface area contributed by atoms with E-state index in [0.717, 1.165) is 49.4 Å². The van der Waals surface area contributed by atoms with Crippen molar-refractivity contribution < 1.29 is 19.1 Å². The number of hydrogen-bond donors (Lipinski definition) is 1. The lowest BCUT2D eigenvalue weighted by molar-refractivity contribution is -0.139. The van der Waals surface area contributed by atoms with Gasteiger partial charge < -0.3 is 14.3 Å². The number of ether oxygens (including phenoxy) is 1. The van der Waals surface area contributed by atoms with E-state index in [1.807, 2.05) is 48.7 Å². The standard InChI is InChI=1S/C24H26N2O4/c27-23(28)17-29-22-12-5-4-10-19(22)16-26-13-7-6-11-21(26)24-25-15-20(30-24)14-18-8-2-1-3-9-18/h1-5,8-10,12,15,21H,6-7,11,13-14,16-17H2,(H,27,28). The van der Waals surface area contributed by atoms with E-state index in [0.29, 0.717) is 12.3 Å². The highest BCUT2D eigenvalue weighted by Gasteiger charge is 2.28. The van der Waals surface area contributed by atoms with Crippen molar-refractivity contribution in [3.63, 3.8) is 0 Å². The van der Waals surface area contributed by atoms with Crippen molar-refractivity contribution in [3.8, 4) is 5.75 Å². The van der Waals surface area contributed by atoms with Crippen molar-refractivity contribution in [2.24, 2.45) is 0 Å². The second-order valence-electron chi connectivity index (χ2n) is 7.60. The number of carboxylic acids is 1. The van der Waals surface area contributed by atoms with E-state index in [-0.39, 0.29) is 12.6 Å².